The topological polar surface area (TPSA) is 49.4 Å². The van der Waals surface area contributed by atoms with Gasteiger partial charge in [-0.05, 0) is 48.7 Å². The fourth-order valence-electron chi connectivity index (χ4n) is 3.57. The summed E-state index contributed by atoms with van der Waals surface area (Å²) < 4.78 is 0. The standard InChI is InChI=1S/C25H21ClN2O2/c1-16-8-13-21(17(2)14-16)27-23-22(19-6-4-3-5-7-19)24(29)28(25(23)30)15-18-9-11-20(26)12-10-18/h3-14,27H,15H2,1-2H3. The van der Waals surface area contributed by atoms with Gasteiger partial charge in [0.05, 0.1) is 12.1 Å². The van der Waals surface area contributed by atoms with Crippen molar-refractivity contribution < 1.29 is 9.59 Å². The van der Waals surface area contributed by atoms with Crippen LogP contribution >= 0.6 is 11.6 Å². The second-order valence-corrected chi connectivity index (χ2v) is 7.82. The molecule has 2 amide bonds. The van der Waals surface area contributed by atoms with Crippen LogP contribution in [0.25, 0.3) is 5.57 Å². The Kier molecular flexibility index (Phi) is 5.42. The molecule has 4 nitrogen and oxygen atoms in total. The molecule has 5 heteroatoms. The first kappa shape index (κ1) is 19.9. The van der Waals surface area contributed by atoms with Crippen LogP contribution in [0.15, 0.2) is 78.5 Å². The van der Waals surface area contributed by atoms with Gasteiger partial charge in [0.25, 0.3) is 11.8 Å². The van der Waals surface area contributed by atoms with Crippen molar-refractivity contribution in [3.63, 3.8) is 0 Å². The van der Waals surface area contributed by atoms with E-state index in [1.807, 2.05) is 74.5 Å². The molecule has 3 aromatic carbocycles. The number of hydrogen-bond acceptors (Lipinski definition) is 3. The maximum absolute atomic E-state index is 13.3. The molecule has 0 radical (unpaired) electrons. The number of halogens is 1. The molecule has 30 heavy (non-hydrogen) atoms. The lowest BCUT2D eigenvalue weighted by Gasteiger charge is -2.16. The number of amides is 2. The fourth-order valence-corrected chi connectivity index (χ4v) is 3.70. The van der Waals surface area contributed by atoms with Crippen LogP contribution in [0.1, 0.15) is 22.3 Å². The largest absolute Gasteiger partial charge is 0.350 e. The first-order chi connectivity index (χ1) is 14.4. The van der Waals surface area contributed by atoms with Crippen LogP contribution in [0, 0.1) is 13.8 Å². The van der Waals surface area contributed by atoms with Gasteiger partial charge in [0.15, 0.2) is 0 Å². The minimum Gasteiger partial charge on any atom is -0.350 e. The van der Waals surface area contributed by atoms with Gasteiger partial charge in [0, 0.05) is 10.7 Å². The highest BCUT2D eigenvalue weighted by Gasteiger charge is 2.39. The Morgan fingerprint density at radius 2 is 1.57 bits per heavy atom. The van der Waals surface area contributed by atoms with Crippen LogP contribution in [0.3, 0.4) is 0 Å². The van der Waals surface area contributed by atoms with E-state index in [-0.39, 0.29) is 18.4 Å². The summed E-state index contributed by atoms with van der Waals surface area (Å²) in [4.78, 5) is 27.9. The van der Waals surface area contributed by atoms with Crippen LogP contribution in [0.4, 0.5) is 5.69 Å². The van der Waals surface area contributed by atoms with Crippen LogP contribution < -0.4 is 5.32 Å². The zero-order chi connectivity index (χ0) is 21.3. The monoisotopic (exact) mass is 416 g/mol. The average Bonchev–Trinajstić information content (AvgIpc) is 2.96. The number of carbonyl (C=O) groups is 2. The Bertz CT molecular complexity index is 1150. The van der Waals surface area contributed by atoms with Crippen molar-refractivity contribution >= 4 is 34.7 Å². The molecule has 1 aliphatic rings. The van der Waals surface area contributed by atoms with Gasteiger partial charge in [0.1, 0.15) is 5.70 Å². The minimum atomic E-state index is -0.339. The van der Waals surface area contributed by atoms with E-state index in [1.54, 1.807) is 12.1 Å². The number of anilines is 1. The Morgan fingerprint density at radius 1 is 0.867 bits per heavy atom. The highest BCUT2D eigenvalue weighted by molar-refractivity contribution is 6.36. The van der Waals surface area contributed by atoms with Gasteiger partial charge in [-0.25, -0.2) is 0 Å². The fraction of sp³-hybridized carbons (Fsp3) is 0.120. The van der Waals surface area contributed by atoms with E-state index in [9.17, 15) is 9.59 Å². The molecular formula is C25H21ClN2O2. The van der Waals surface area contributed by atoms with Crippen molar-refractivity contribution in [2.24, 2.45) is 0 Å². The van der Waals surface area contributed by atoms with Crippen molar-refractivity contribution in [3.8, 4) is 0 Å². The molecule has 1 heterocycles. The smallest absolute Gasteiger partial charge is 0.278 e. The van der Waals surface area contributed by atoms with Crippen LogP contribution in [0.5, 0.6) is 0 Å². The number of carbonyl (C=O) groups excluding carboxylic acids is 2. The third-order valence-corrected chi connectivity index (χ3v) is 5.38. The third kappa shape index (κ3) is 3.87. The molecule has 3 aromatic rings. The second-order valence-electron chi connectivity index (χ2n) is 7.38. The Labute approximate surface area is 180 Å². The second kappa shape index (κ2) is 8.17. The minimum absolute atomic E-state index is 0.184. The van der Waals surface area contributed by atoms with Crippen molar-refractivity contribution in [2.45, 2.75) is 20.4 Å². The van der Waals surface area contributed by atoms with E-state index in [0.29, 0.717) is 21.9 Å². The highest BCUT2D eigenvalue weighted by Crippen LogP contribution is 2.32. The number of aryl methyl sites for hydroxylation is 2. The Morgan fingerprint density at radius 3 is 2.23 bits per heavy atom. The van der Waals surface area contributed by atoms with E-state index < -0.39 is 0 Å². The summed E-state index contributed by atoms with van der Waals surface area (Å²) in [7, 11) is 0. The van der Waals surface area contributed by atoms with E-state index in [2.05, 4.69) is 5.32 Å². The number of hydrogen-bond donors (Lipinski definition) is 1. The van der Waals surface area contributed by atoms with Crippen molar-refractivity contribution in [1.82, 2.24) is 4.90 Å². The molecule has 150 valence electrons. The summed E-state index contributed by atoms with van der Waals surface area (Å²) in [6.07, 6.45) is 0. The molecule has 0 aromatic heterocycles. The van der Waals surface area contributed by atoms with E-state index in [4.69, 9.17) is 11.6 Å². The molecule has 0 fully saturated rings. The molecular weight excluding hydrogens is 396 g/mol. The normalized spacial score (nSPS) is 13.9. The highest BCUT2D eigenvalue weighted by atomic mass is 35.5. The predicted molar refractivity (Wildman–Crippen MR) is 120 cm³/mol. The van der Waals surface area contributed by atoms with Gasteiger partial charge in [0.2, 0.25) is 0 Å². The van der Waals surface area contributed by atoms with Crippen LogP contribution in [-0.2, 0) is 16.1 Å². The lowest BCUT2D eigenvalue weighted by molar-refractivity contribution is -0.137. The number of benzene rings is 3. The van der Waals surface area contributed by atoms with Crippen molar-refractivity contribution in [3.05, 3.63) is 106 Å². The Balaban J connectivity index is 1.74. The lowest BCUT2D eigenvalue weighted by atomic mass is 10.0. The molecule has 0 aliphatic carbocycles. The summed E-state index contributed by atoms with van der Waals surface area (Å²) in [6, 6.07) is 22.4. The van der Waals surface area contributed by atoms with Gasteiger partial charge < -0.3 is 5.32 Å². The maximum Gasteiger partial charge on any atom is 0.278 e. The summed E-state index contributed by atoms with van der Waals surface area (Å²) >= 11 is 5.96. The van der Waals surface area contributed by atoms with Crippen LogP contribution in [-0.4, -0.2) is 16.7 Å². The third-order valence-electron chi connectivity index (χ3n) is 5.13. The molecule has 1 N–H and O–H groups in total. The molecule has 4 rings (SSSR count). The molecule has 0 atom stereocenters. The van der Waals surface area contributed by atoms with Gasteiger partial charge in [-0.3, -0.25) is 14.5 Å². The van der Waals surface area contributed by atoms with Gasteiger partial charge in [-0.1, -0.05) is 71.8 Å². The number of imide groups is 1. The average molecular weight is 417 g/mol. The summed E-state index contributed by atoms with van der Waals surface area (Å²) in [5, 5.41) is 3.85. The zero-order valence-corrected chi connectivity index (χ0v) is 17.5. The number of nitrogens with zero attached hydrogens (tertiary/aromatic N) is 1. The van der Waals surface area contributed by atoms with Gasteiger partial charge in [-0.15, -0.1) is 0 Å². The summed E-state index contributed by atoms with van der Waals surface area (Å²) in [5.41, 5.74) is 5.17. The maximum atomic E-state index is 13.3. The van der Waals surface area contributed by atoms with E-state index >= 15 is 0 Å². The SMILES string of the molecule is Cc1ccc(NC2=C(c3ccccc3)C(=O)N(Cc3ccc(Cl)cc3)C2=O)c(C)c1. The van der Waals surface area contributed by atoms with Crippen LogP contribution in [0.2, 0.25) is 5.02 Å². The number of rotatable bonds is 5. The molecule has 1 aliphatic heterocycles. The summed E-state index contributed by atoms with van der Waals surface area (Å²) in [5.74, 6) is -0.651. The first-order valence-corrected chi connectivity index (χ1v) is 10.1. The molecule has 0 spiro atoms. The lowest BCUT2D eigenvalue weighted by Crippen LogP contribution is -2.32. The predicted octanol–water partition coefficient (Wildman–Crippen LogP) is 5.35. The van der Waals surface area contributed by atoms with E-state index in [0.717, 1.165) is 22.4 Å². The molecule has 0 saturated heterocycles. The van der Waals surface area contributed by atoms with Gasteiger partial charge >= 0.3 is 0 Å². The molecule has 0 bridgehead atoms. The molecule has 0 saturated carbocycles. The molecule has 0 unspecified atom stereocenters. The quantitative estimate of drug-likeness (QED) is 0.570. The first-order valence-electron chi connectivity index (χ1n) is 9.68. The Hall–Kier alpha value is -3.37. The van der Waals surface area contributed by atoms with E-state index in [1.165, 1.54) is 4.90 Å². The summed E-state index contributed by atoms with van der Waals surface area (Å²) in [6.45, 7) is 4.18. The number of nitrogens with one attached hydrogen (secondary N) is 1. The zero-order valence-electron chi connectivity index (χ0n) is 16.8. The van der Waals surface area contributed by atoms with Crippen molar-refractivity contribution in [1.29, 1.82) is 0 Å². The van der Waals surface area contributed by atoms with Gasteiger partial charge in [-0.2, -0.15) is 0 Å². The van der Waals surface area contributed by atoms with Crippen molar-refractivity contribution in [2.75, 3.05) is 5.32 Å².